The third kappa shape index (κ3) is 3.61. The molecule has 1 aliphatic heterocycles. The first-order valence-corrected chi connectivity index (χ1v) is 7.52. The fraction of sp³-hybridized carbons (Fsp3) is 0.353. The van der Waals surface area contributed by atoms with Crippen LogP contribution in [-0.4, -0.2) is 47.3 Å². The van der Waals surface area contributed by atoms with Crippen LogP contribution in [0.5, 0.6) is 0 Å². The molecule has 0 aliphatic carbocycles. The fourth-order valence-corrected chi connectivity index (χ4v) is 2.84. The summed E-state index contributed by atoms with van der Waals surface area (Å²) in [5.74, 6) is -0.0191. The first kappa shape index (κ1) is 14.9. The molecule has 0 radical (unpaired) electrons. The smallest absolute Gasteiger partial charge is 0.165 e. The van der Waals surface area contributed by atoms with Crippen LogP contribution in [0.25, 0.3) is 0 Å². The van der Waals surface area contributed by atoms with Gasteiger partial charge in [-0.25, -0.2) is 9.37 Å². The fourth-order valence-electron chi connectivity index (χ4n) is 2.84. The van der Waals surface area contributed by atoms with Gasteiger partial charge in [-0.05, 0) is 17.7 Å². The predicted molar refractivity (Wildman–Crippen MR) is 84.1 cm³/mol. The average molecular weight is 301 g/mol. The van der Waals surface area contributed by atoms with E-state index >= 15 is 0 Å². The number of hydrogen-bond donors (Lipinski definition) is 1. The van der Waals surface area contributed by atoms with E-state index in [1.54, 1.807) is 12.3 Å². The lowest BCUT2D eigenvalue weighted by Crippen LogP contribution is -2.34. The second-order valence-electron chi connectivity index (χ2n) is 5.63. The summed E-state index contributed by atoms with van der Waals surface area (Å²) in [6.45, 7) is 3.19. The molecular weight excluding hydrogens is 281 g/mol. The minimum atomic E-state index is -0.521. The molecule has 0 unspecified atom stereocenters. The Morgan fingerprint density at radius 2 is 1.91 bits per heavy atom. The van der Waals surface area contributed by atoms with Crippen molar-refractivity contribution in [3.05, 3.63) is 60.0 Å². The Bertz CT molecular complexity index is 608. The van der Waals surface area contributed by atoms with E-state index in [9.17, 15) is 9.50 Å². The van der Waals surface area contributed by atoms with Gasteiger partial charge in [0.25, 0.3) is 0 Å². The van der Waals surface area contributed by atoms with Gasteiger partial charge in [-0.15, -0.1) is 0 Å². The monoisotopic (exact) mass is 301 g/mol. The number of benzene rings is 1. The zero-order valence-corrected chi connectivity index (χ0v) is 12.4. The number of aliphatic hydroxyl groups is 1. The third-order valence-electron chi connectivity index (χ3n) is 3.87. The Morgan fingerprint density at radius 3 is 2.68 bits per heavy atom. The molecule has 0 bridgehead atoms. The number of hydrogen-bond acceptors (Lipinski definition) is 4. The van der Waals surface area contributed by atoms with Crippen molar-refractivity contribution < 1.29 is 9.50 Å². The number of halogens is 1. The molecule has 1 atom stereocenters. The highest BCUT2D eigenvalue weighted by molar-refractivity contribution is 5.40. The minimum Gasteiger partial charge on any atom is -0.390 e. The zero-order valence-electron chi connectivity index (χ0n) is 12.4. The van der Waals surface area contributed by atoms with Crippen molar-refractivity contribution in [3.8, 4) is 0 Å². The van der Waals surface area contributed by atoms with E-state index in [4.69, 9.17) is 0 Å². The zero-order chi connectivity index (χ0) is 15.4. The molecule has 1 aromatic heterocycles. The number of aliphatic hydroxyl groups excluding tert-OH is 1. The Labute approximate surface area is 129 Å². The van der Waals surface area contributed by atoms with E-state index in [-0.39, 0.29) is 5.82 Å². The van der Waals surface area contributed by atoms with E-state index in [1.807, 2.05) is 23.1 Å². The maximum atomic E-state index is 13.9. The summed E-state index contributed by atoms with van der Waals surface area (Å²) in [5.41, 5.74) is 1.21. The average Bonchev–Trinajstić information content (AvgIpc) is 2.70. The van der Waals surface area contributed by atoms with Crippen molar-refractivity contribution in [1.82, 2.24) is 9.88 Å². The van der Waals surface area contributed by atoms with Gasteiger partial charge < -0.3 is 10.0 Å². The van der Waals surface area contributed by atoms with Gasteiger partial charge in [-0.3, -0.25) is 4.90 Å². The number of β-amino-alcohol motifs (C(OH)–C–C–N with tert-alkyl or cyclic N) is 1. The molecule has 3 rings (SSSR count). The van der Waals surface area contributed by atoms with Gasteiger partial charge >= 0.3 is 0 Å². The largest absolute Gasteiger partial charge is 0.390 e. The first-order valence-electron chi connectivity index (χ1n) is 7.52. The lowest BCUT2D eigenvalue weighted by Gasteiger charge is -2.23. The predicted octanol–water partition coefficient (Wildman–Crippen LogP) is 1.90. The quantitative estimate of drug-likeness (QED) is 0.940. The highest BCUT2D eigenvalue weighted by Gasteiger charge is 2.23. The van der Waals surface area contributed by atoms with Gasteiger partial charge in [-0.2, -0.15) is 0 Å². The van der Waals surface area contributed by atoms with Crippen LogP contribution in [0.2, 0.25) is 0 Å². The molecule has 116 valence electrons. The topological polar surface area (TPSA) is 39.6 Å². The van der Waals surface area contributed by atoms with E-state index in [0.29, 0.717) is 25.5 Å². The molecule has 1 aromatic carbocycles. The summed E-state index contributed by atoms with van der Waals surface area (Å²) in [7, 11) is 0. The van der Waals surface area contributed by atoms with Crippen LogP contribution >= 0.6 is 0 Å². The van der Waals surface area contributed by atoms with Gasteiger partial charge in [-0.1, -0.05) is 30.3 Å². The Hall–Kier alpha value is -1.98. The first-order chi connectivity index (χ1) is 10.7. The SMILES string of the molecule is O[C@H]1CN(Cc2ccccc2)CCN(c2ncccc2F)C1. The van der Waals surface area contributed by atoms with Crippen molar-refractivity contribution >= 4 is 5.82 Å². The van der Waals surface area contributed by atoms with Crippen LogP contribution in [0.3, 0.4) is 0 Å². The summed E-state index contributed by atoms with van der Waals surface area (Å²) in [6, 6.07) is 13.2. The summed E-state index contributed by atoms with van der Waals surface area (Å²) < 4.78 is 13.9. The van der Waals surface area contributed by atoms with E-state index < -0.39 is 6.10 Å². The number of pyridine rings is 1. The third-order valence-corrected chi connectivity index (χ3v) is 3.87. The molecule has 4 nitrogen and oxygen atoms in total. The van der Waals surface area contributed by atoms with Crippen LogP contribution in [0.1, 0.15) is 5.56 Å². The van der Waals surface area contributed by atoms with Crippen molar-refractivity contribution in [2.45, 2.75) is 12.6 Å². The van der Waals surface area contributed by atoms with Crippen molar-refractivity contribution in [3.63, 3.8) is 0 Å². The molecule has 22 heavy (non-hydrogen) atoms. The van der Waals surface area contributed by atoms with Crippen LogP contribution < -0.4 is 4.90 Å². The number of rotatable bonds is 3. The minimum absolute atomic E-state index is 0.322. The Morgan fingerprint density at radius 1 is 1.09 bits per heavy atom. The van der Waals surface area contributed by atoms with Gasteiger partial charge in [0.1, 0.15) is 0 Å². The molecular formula is C17H20FN3O. The lowest BCUT2D eigenvalue weighted by molar-refractivity contribution is 0.129. The van der Waals surface area contributed by atoms with Gasteiger partial charge in [0.05, 0.1) is 6.10 Å². The van der Waals surface area contributed by atoms with Crippen molar-refractivity contribution in [2.24, 2.45) is 0 Å². The highest BCUT2D eigenvalue weighted by atomic mass is 19.1. The van der Waals surface area contributed by atoms with Crippen LogP contribution in [0.4, 0.5) is 10.2 Å². The van der Waals surface area contributed by atoms with Crippen LogP contribution in [-0.2, 0) is 6.54 Å². The highest BCUT2D eigenvalue weighted by Crippen LogP contribution is 2.18. The van der Waals surface area contributed by atoms with E-state index in [0.717, 1.165) is 13.1 Å². The second kappa shape index (κ2) is 6.85. The summed E-state index contributed by atoms with van der Waals surface area (Å²) in [6.07, 6.45) is 1.06. The standard InChI is InChI=1S/C17H20FN3O/c18-16-7-4-8-19-17(16)21-10-9-20(12-15(22)13-21)11-14-5-2-1-3-6-14/h1-8,15,22H,9-13H2/t15-/m0/s1. The van der Waals surface area contributed by atoms with Gasteiger partial charge in [0.15, 0.2) is 11.6 Å². The summed E-state index contributed by atoms with van der Waals surface area (Å²) in [5, 5.41) is 10.2. The maximum Gasteiger partial charge on any atom is 0.165 e. The molecule has 0 spiro atoms. The van der Waals surface area contributed by atoms with Crippen molar-refractivity contribution in [2.75, 3.05) is 31.1 Å². The molecule has 5 heteroatoms. The van der Waals surface area contributed by atoms with Crippen LogP contribution in [0.15, 0.2) is 48.7 Å². The van der Waals surface area contributed by atoms with E-state index in [1.165, 1.54) is 11.6 Å². The molecule has 1 N–H and O–H groups in total. The normalized spacial score (nSPS) is 19.9. The molecule has 2 aromatic rings. The summed E-state index contributed by atoms with van der Waals surface area (Å²) >= 11 is 0. The number of aromatic nitrogens is 1. The Balaban J connectivity index is 1.69. The maximum absolute atomic E-state index is 13.9. The molecule has 1 fully saturated rings. The number of nitrogens with zero attached hydrogens (tertiary/aromatic N) is 3. The second-order valence-corrected chi connectivity index (χ2v) is 5.63. The molecule has 0 amide bonds. The van der Waals surface area contributed by atoms with Gasteiger partial charge in [0, 0.05) is 38.9 Å². The molecule has 1 aliphatic rings. The summed E-state index contributed by atoms with van der Waals surface area (Å²) in [4.78, 5) is 8.13. The number of anilines is 1. The molecule has 2 heterocycles. The van der Waals surface area contributed by atoms with Crippen molar-refractivity contribution in [1.29, 1.82) is 0 Å². The lowest BCUT2D eigenvalue weighted by atomic mass is 10.2. The Kier molecular flexibility index (Phi) is 4.65. The van der Waals surface area contributed by atoms with Gasteiger partial charge in [0.2, 0.25) is 0 Å². The molecule has 1 saturated heterocycles. The van der Waals surface area contributed by atoms with E-state index in [2.05, 4.69) is 22.0 Å². The van der Waals surface area contributed by atoms with Crippen LogP contribution in [0, 0.1) is 5.82 Å². The molecule has 0 saturated carbocycles.